The Bertz CT molecular complexity index is 598. The first kappa shape index (κ1) is 21.1. The van der Waals surface area contributed by atoms with Crippen molar-refractivity contribution in [2.24, 2.45) is 0 Å². The third-order valence-corrected chi connectivity index (χ3v) is 3.47. The largest absolute Gasteiger partial charge is 0.492 e. The van der Waals surface area contributed by atoms with E-state index >= 15 is 0 Å². The van der Waals surface area contributed by atoms with Crippen molar-refractivity contribution in [2.45, 2.75) is 39.2 Å². The van der Waals surface area contributed by atoms with Crippen LogP contribution in [-0.2, 0) is 20.7 Å². The summed E-state index contributed by atoms with van der Waals surface area (Å²) >= 11 is 6.16. The lowest BCUT2D eigenvalue weighted by Gasteiger charge is -2.24. The van der Waals surface area contributed by atoms with Gasteiger partial charge in [-0.3, -0.25) is 4.79 Å². The average Bonchev–Trinajstić information content (AvgIpc) is 2.51. The molecule has 6 nitrogen and oxygen atoms in total. The van der Waals surface area contributed by atoms with E-state index in [-0.39, 0.29) is 18.5 Å². The molecule has 0 fully saturated rings. The van der Waals surface area contributed by atoms with Crippen LogP contribution in [0.3, 0.4) is 0 Å². The van der Waals surface area contributed by atoms with Crippen molar-refractivity contribution in [3.8, 4) is 5.75 Å². The number of amides is 1. The summed E-state index contributed by atoms with van der Waals surface area (Å²) in [6.07, 6.45) is 0.436. The number of ether oxygens (including phenoxy) is 3. The molecule has 0 radical (unpaired) electrons. The molecule has 0 aliphatic rings. The molecule has 140 valence electrons. The molecule has 1 aromatic carbocycles. The molecule has 0 aliphatic carbocycles. The SMILES string of the molecule is COC(=O)Cc1ccc(OCCCN(C)C(=O)OC(C)(C)C)c(Cl)c1. The molecule has 0 unspecified atom stereocenters. The topological polar surface area (TPSA) is 65.1 Å². The second kappa shape index (κ2) is 9.51. The van der Waals surface area contributed by atoms with Crippen molar-refractivity contribution in [1.29, 1.82) is 0 Å². The van der Waals surface area contributed by atoms with Gasteiger partial charge in [-0.05, 0) is 44.9 Å². The van der Waals surface area contributed by atoms with Gasteiger partial charge in [0.05, 0.1) is 25.2 Å². The van der Waals surface area contributed by atoms with Crippen molar-refractivity contribution in [3.63, 3.8) is 0 Å². The van der Waals surface area contributed by atoms with Crippen LogP contribution in [0.5, 0.6) is 5.75 Å². The van der Waals surface area contributed by atoms with E-state index in [4.69, 9.17) is 21.1 Å². The lowest BCUT2D eigenvalue weighted by atomic mass is 10.1. The average molecular weight is 372 g/mol. The Balaban J connectivity index is 2.41. The Morgan fingerprint density at radius 2 is 1.92 bits per heavy atom. The highest BCUT2D eigenvalue weighted by atomic mass is 35.5. The molecule has 0 saturated heterocycles. The smallest absolute Gasteiger partial charge is 0.410 e. The molecule has 1 aromatic rings. The van der Waals surface area contributed by atoms with Crippen LogP contribution < -0.4 is 4.74 Å². The van der Waals surface area contributed by atoms with Gasteiger partial charge in [0.15, 0.2) is 0 Å². The highest BCUT2D eigenvalue weighted by molar-refractivity contribution is 6.32. The summed E-state index contributed by atoms with van der Waals surface area (Å²) in [4.78, 5) is 24.6. The Labute approximate surface area is 154 Å². The maximum Gasteiger partial charge on any atom is 0.410 e. The van der Waals surface area contributed by atoms with E-state index in [0.717, 1.165) is 5.56 Å². The molecular weight excluding hydrogens is 346 g/mol. The maximum atomic E-state index is 11.8. The lowest BCUT2D eigenvalue weighted by Crippen LogP contribution is -2.35. The molecule has 1 rings (SSSR count). The van der Waals surface area contributed by atoms with E-state index < -0.39 is 5.60 Å². The zero-order valence-corrected chi connectivity index (χ0v) is 16.2. The second-order valence-corrected chi connectivity index (χ2v) is 7.03. The zero-order chi connectivity index (χ0) is 19.0. The molecule has 0 aliphatic heterocycles. The fraction of sp³-hybridized carbons (Fsp3) is 0.556. The minimum Gasteiger partial charge on any atom is -0.492 e. The summed E-state index contributed by atoms with van der Waals surface area (Å²) in [6.45, 7) is 6.39. The van der Waals surface area contributed by atoms with Crippen LogP contribution in [0.4, 0.5) is 4.79 Å². The Morgan fingerprint density at radius 3 is 2.48 bits per heavy atom. The Morgan fingerprint density at radius 1 is 1.24 bits per heavy atom. The van der Waals surface area contributed by atoms with E-state index in [1.165, 1.54) is 12.0 Å². The molecule has 0 heterocycles. The van der Waals surface area contributed by atoms with Crippen LogP contribution in [0.1, 0.15) is 32.8 Å². The minimum absolute atomic E-state index is 0.164. The first-order valence-electron chi connectivity index (χ1n) is 8.04. The van der Waals surface area contributed by atoms with E-state index in [0.29, 0.717) is 30.3 Å². The maximum absolute atomic E-state index is 11.8. The van der Waals surface area contributed by atoms with Gasteiger partial charge in [-0.25, -0.2) is 4.79 Å². The normalized spacial score (nSPS) is 11.0. The van der Waals surface area contributed by atoms with Crippen molar-refractivity contribution < 1.29 is 23.8 Å². The summed E-state index contributed by atoms with van der Waals surface area (Å²) in [5.41, 5.74) is 0.246. The number of nitrogens with zero attached hydrogens (tertiary/aromatic N) is 1. The molecule has 1 amide bonds. The molecule has 7 heteroatoms. The Kier molecular flexibility index (Phi) is 8.03. The lowest BCUT2D eigenvalue weighted by molar-refractivity contribution is -0.139. The fourth-order valence-corrected chi connectivity index (χ4v) is 2.18. The van der Waals surface area contributed by atoms with Gasteiger partial charge in [-0.1, -0.05) is 17.7 Å². The van der Waals surface area contributed by atoms with Crippen molar-refractivity contribution in [3.05, 3.63) is 28.8 Å². The number of esters is 1. The highest BCUT2D eigenvalue weighted by Crippen LogP contribution is 2.26. The molecule has 0 atom stereocenters. The van der Waals surface area contributed by atoms with Gasteiger partial charge in [0.25, 0.3) is 0 Å². The number of methoxy groups -OCH3 is 1. The monoisotopic (exact) mass is 371 g/mol. The highest BCUT2D eigenvalue weighted by Gasteiger charge is 2.19. The van der Waals surface area contributed by atoms with Crippen LogP contribution in [0.15, 0.2) is 18.2 Å². The first-order chi connectivity index (χ1) is 11.6. The summed E-state index contributed by atoms with van der Waals surface area (Å²) in [7, 11) is 3.03. The van der Waals surface area contributed by atoms with E-state index in [1.54, 1.807) is 25.2 Å². The van der Waals surface area contributed by atoms with Gasteiger partial charge in [-0.2, -0.15) is 0 Å². The van der Waals surface area contributed by atoms with Crippen molar-refractivity contribution >= 4 is 23.7 Å². The quantitative estimate of drug-likeness (QED) is 0.540. The molecule has 0 saturated carbocycles. The fourth-order valence-electron chi connectivity index (χ4n) is 1.93. The summed E-state index contributed by atoms with van der Waals surface area (Å²) < 4.78 is 15.5. The van der Waals surface area contributed by atoms with Crippen LogP contribution in [0.2, 0.25) is 5.02 Å². The molecule has 0 aromatic heterocycles. The predicted octanol–water partition coefficient (Wildman–Crippen LogP) is 3.69. The minimum atomic E-state index is -0.513. The van der Waals surface area contributed by atoms with Gasteiger partial charge in [0, 0.05) is 13.6 Å². The van der Waals surface area contributed by atoms with Gasteiger partial charge >= 0.3 is 12.1 Å². The van der Waals surface area contributed by atoms with Crippen LogP contribution in [0, 0.1) is 0 Å². The van der Waals surface area contributed by atoms with Crippen LogP contribution in [-0.4, -0.2) is 49.9 Å². The van der Waals surface area contributed by atoms with Crippen molar-refractivity contribution in [2.75, 3.05) is 27.3 Å². The second-order valence-electron chi connectivity index (χ2n) is 6.62. The number of halogens is 1. The third-order valence-electron chi connectivity index (χ3n) is 3.17. The number of carbonyl (C=O) groups excluding carboxylic acids is 2. The summed E-state index contributed by atoms with van der Waals surface area (Å²) in [5, 5.41) is 0.432. The van der Waals surface area contributed by atoms with Gasteiger partial charge in [0.2, 0.25) is 0 Å². The zero-order valence-electron chi connectivity index (χ0n) is 15.4. The number of hydrogen-bond donors (Lipinski definition) is 0. The number of benzene rings is 1. The predicted molar refractivity (Wildman–Crippen MR) is 96.1 cm³/mol. The van der Waals surface area contributed by atoms with Gasteiger partial charge in [0.1, 0.15) is 11.4 Å². The summed E-state index contributed by atoms with van der Waals surface area (Å²) in [6, 6.07) is 5.17. The van der Waals surface area contributed by atoms with E-state index in [1.807, 2.05) is 20.8 Å². The number of rotatable bonds is 7. The molecule has 25 heavy (non-hydrogen) atoms. The Hall–Kier alpha value is -1.95. The van der Waals surface area contributed by atoms with Gasteiger partial charge < -0.3 is 19.1 Å². The van der Waals surface area contributed by atoms with E-state index in [9.17, 15) is 9.59 Å². The van der Waals surface area contributed by atoms with Crippen molar-refractivity contribution in [1.82, 2.24) is 4.90 Å². The standard InChI is InChI=1S/C18H26ClNO5/c1-18(2,3)25-17(22)20(4)9-6-10-24-15-8-7-13(11-14(15)19)12-16(21)23-5/h7-8,11H,6,9-10,12H2,1-5H3. The van der Waals surface area contributed by atoms with E-state index in [2.05, 4.69) is 4.74 Å². The third kappa shape index (κ3) is 8.12. The molecule has 0 spiro atoms. The molecular formula is C18H26ClNO5. The van der Waals surface area contributed by atoms with Crippen LogP contribution in [0.25, 0.3) is 0 Å². The molecule has 0 bridgehead atoms. The van der Waals surface area contributed by atoms with Gasteiger partial charge in [-0.15, -0.1) is 0 Å². The van der Waals surface area contributed by atoms with Crippen LogP contribution >= 0.6 is 11.6 Å². The first-order valence-corrected chi connectivity index (χ1v) is 8.42. The summed E-state index contributed by atoms with van der Waals surface area (Å²) in [5.74, 6) is 0.213. The number of hydrogen-bond acceptors (Lipinski definition) is 5. The molecule has 0 N–H and O–H groups in total. The number of carbonyl (C=O) groups is 2.